The number of rotatable bonds is 5. The van der Waals surface area contributed by atoms with Crippen molar-refractivity contribution < 1.29 is 19.1 Å². The molecular formula is C17H17NO4. The molecule has 5 heteroatoms. The Hall–Kier alpha value is -2.53. The molecule has 2 heterocycles. The maximum Gasteiger partial charge on any atom is 0.244 e. The van der Waals surface area contributed by atoms with Gasteiger partial charge in [0.25, 0.3) is 0 Å². The molecule has 0 spiro atoms. The molecule has 0 saturated carbocycles. The minimum Gasteiger partial charge on any atom is -0.493 e. The first kappa shape index (κ1) is 14.4. The zero-order valence-corrected chi connectivity index (χ0v) is 12.0. The van der Waals surface area contributed by atoms with Crippen LogP contribution in [0.15, 0.2) is 47.1 Å². The topological polar surface area (TPSA) is 71.7 Å². The predicted molar refractivity (Wildman–Crippen MR) is 81.4 cm³/mol. The van der Waals surface area contributed by atoms with Crippen LogP contribution in [0.3, 0.4) is 0 Å². The lowest BCUT2D eigenvalue weighted by Crippen LogP contribution is -2.26. The summed E-state index contributed by atoms with van der Waals surface area (Å²) in [5.41, 5.74) is 1.88. The SMILES string of the molecule is O=C(C=Cc1ccco1)NCC(O)c1ccc2c(c1)CCO2. The van der Waals surface area contributed by atoms with Crippen molar-refractivity contribution in [1.29, 1.82) is 0 Å². The Morgan fingerprint density at radius 3 is 3.14 bits per heavy atom. The van der Waals surface area contributed by atoms with Gasteiger partial charge in [-0.25, -0.2) is 0 Å². The van der Waals surface area contributed by atoms with Crippen LogP contribution in [0, 0.1) is 0 Å². The number of aliphatic hydroxyl groups is 1. The third-order valence-corrected chi connectivity index (χ3v) is 3.51. The molecule has 114 valence electrons. The number of hydrogen-bond acceptors (Lipinski definition) is 4. The summed E-state index contributed by atoms with van der Waals surface area (Å²) in [5, 5.41) is 12.8. The third-order valence-electron chi connectivity index (χ3n) is 3.51. The van der Waals surface area contributed by atoms with Gasteiger partial charge in [0, 0.05) is 19.0 Å². The second-order valence-electron chi connectivity index (χ2n) is 5.08. The van der Waals surface area contributed by atoms with E-state index in [4.69, 9.17) is 9.15 Å². The number of aliphatic hydroxyl groups excluding tert-OH is 1. The van der Waals surface area contributed by atoms with E-state index in [9.17, 15) is 9.90 Å². The van der Waals surface area contributed by atoms with Gasteiger partial charge in [-0.3, -0.25) is 4.79 Å². The van der Waals surface area contributed by atoms with Crippen molar-refractivity contribution in [2.24, 2.45) is 0 Å². The second kappa shape index (κ2) is 6.49. The fraction of sp³-hybridized carbons (Fsp3) is 0.235. The summed E-state index contributed by atoms with van der Waals surface area (Å²) in [7, 11) is 0. The van der Waals surface area contributed by atoms with Gasteiger partial charge in [0.05, 0.1) is 19.0 Å². The Balaban J connectivity index is 1.53. The van der Waals surface area contributed by atoms with E-state index < -0.39 is 6.10 Å². The van der Waals surface area contributed by atoms with Gasteiger partial charge in [0.2, 0.25) is 5.91 Å². The molecule has 1 aromatic heterocycles. The lowest BCUT2D eigenvalue weighted by atomic mass is 10.0. The number of ether oxygens (including phenoxy) is 1. The van der Waals surface area contributed by atoms with Gasteiger partial charge >= 0.3 is 0 Å². The van der Waals surface area contributed by atoms with Gasteiger partial charge < -0.3 is 19.6 Å². The number of nitrogens with one attached hydrogen (secondary N) is 1. The minimum atomic E-state index is -0.744. The van der Waals surface area contributed by atoms with Gasteiger partial charge in [-0.1, -0.05) is 6.07 Å². The molecule has 1 atom stereocenters. The highest BCUT2D eigenvalue weighted by molar-refractivity contribution is 5.91. The first-order valence-corrected chi connectivity index (χ1v) is 7.15. The van der Waals surface area contributed by atoms with E-state index in [0.717, 1.165) is 23.3 Å². The molecule has 0 radical (unpaired) electrons. The number of fused-ring (bicyclic) bond motifs is 1. The van der Waals surface area contributed by atoms with E-state index in [1.807, 2.05) is 18.2 Å². The molecule has 2 N–H and O–H groups in total. The summed E-state index contributed by atoms with van der Waals surface area (Å²) in [6.45, 7) is 0.837. The molecule has 0 bridgehead atoms. The van der Waals surface area contributed by atoms with Crippen LogP contribution >= 0.6 is 0 Å². The summed E-state index contributed by atoms with van der Waals surface area (Å²) in [6.07, 6.45) is 4.61. The van der Waals surface area contributed by atoms with Gasteiger partial charge in [0.15, 0.2) is 0 Å². The van der Waals surface area contributed by atoms with E-state index in [-0.39, 0.29) is 12.5 Å². The molecule has 2 aromatic rings. The van der Waals surface area contributed by atoms with Crippen LogP contribution in [-0.4, -0.2) is 24.2 Å². The van der Waals surface area contributed by atoms with E-state index in [1.54, 1.807) is 24.5 Å². The highest BCUT2D eigenvalue weighted by Crippen LogP contribution is 2.27. The van der Waals surface area contributed by atoms with Crippen LogP contribution in [0.4, 0.5) is 0 Å². The van der Waals surface area contributed by atoms with E-state index in [1.165, 1.54) is 6.08 Å². The quantitative estimate of drug-likeness (QED) is 0.829. The van der Waals surface area contributed by atoms with Crippen LogP contribution in [0.5, 0.6) is 5.75 Å². The average molecular weight is 299 g/mol. The smallest absolute Gasteiger partial charge is 0.244 e. The van der Waals surface area contributed by atoms with Crippen LogP contribution in [0.1, 0.15) is 23.0 Å². The zero-order valence-electron chi connectivity index (χ0n) is 12.0. The van der Waals surface area contributed by atoms with E-state index in [2.05, 4.69) is 5.32 Å². The highest BCUT2D eigenvalue weighted by Gasteiger charge is 2.15. The van der Waals surface area contributed by atoms with Crippen molar-refractivity contribution in [3.8, 4) is 5.75 Å². The normalized spacial score (nSPS) is 14.6. The minimum absolute atomic E-state index is 0.154. The van der Waals surface area contributed by atoms with Crippen molar-refractivity contribution in [3.63, 3.8) is 0 Å². The first-order valence-electron chi connectivity index (χ1n) is 7.15. The molecule has 0 aliphatic carbocycles. The highest BCUT2D eigenvalue weighted by atomic mass is 16.5. The molecule has 1 aliphatic heterocycles. The summed E-state index contributed by atoms with van der Waals surface area (Å²) in [4.78, 5) is 11.7. The van der Waals surface area contributed by atoms with Crippen LogP contribution < -0.4 is 10.1 Å². The van der Waals surface area contributed by atoms with Gasteiger partial charge in [-0.2, -0.15) is 0 Å². The van der Waals surface area contributed by atoms with Gasteiger partial charge in [-0.15, -0.1) is 0 Å². The molecule has 22 heavy (non-hydrogen) atoms. The average Bonchev–Trinajstić information content (AvgIpc) is 3.20. The Kier molecular flexibility index (Phi) is 4.25. The molecule has 1 amide bonds. The molecule has 0 saturated heterocycles. The second-order valence-corrected chi connectivity index (χ2v) is 5.08. The summed E-state index contributed by atoms with van der Waals surface area (Å²) < 4.78 is 10.5. The molecule has 3 rings (SSSR count). The number of furan rings is 1. The lowest BCUT2D eigenvalue weighted by Gasteiger charge is -2.12. The summed E-state index contributed by atoms with van der Waals surface area (Å²) in [6, 6.07) is 9.11. The standard InChI is InChI=1S/C17H17NO4/c19-15(12-3-5-16-13(10-12)7-9-22-16)11-18-17(20)6-4-14-2-1-8-21-14/h1-6,8,10,15,19H,7,9,11H2,(H,18,20). The van der Waals surface area contributed by atoms with Crippen molar-refractivity contribution in [1.82, 2.24) is 5.32 Å². The van der Waals surface area contributed by atoms with Gasteiger partial charge in [-0.05, 0) is 41.5 Å². The lowest BCUT2D eigenvalue weighted by molar-refractivity contribution is -0.116. The number of carbonyl (C=O) groups excluding carboxylic acids is 1. The molecule has 0 fully saturated rings. The maximum absolute atomic E-state index is 11.7. The van der Waals surface area contributed by atoms with Crippen molar-refractivity contribution in [2.75, 3.05) is 13.2 Å². The molecule has 5 nitrogen and oxygen atoms in total. The monoisotopic (exact) mass is 299 g/mol. The molecule has 1 unspecified atom stereocenters. The Morgan fingerprint density at radius 2 is 2.32 bits per heavy atom. The first-order chi connectivity index (χ1) is 10.7. The van der Waals surface area contributed by atoms with Gasteiger partial charge in [0.1, 0.15) is 11.5 Å². The fourth-order valence-corrected chi connectivity index (χ4v) is 2.33. The Morgan fingerprint density at radius 1 is 1.41 bits per heavy atom. The Labute approximate surface area is 128 Å². The van der Waals surface area contributed by atoms with Crippen molar-refractivity contribution >= 4 is 12.0 Å². The number of benzene rings is 1. The maximum atomic E-state index is 11.7. The van der Waals surface area contributed by atoms with Crippen molar-refractivity contribution in [2.45, 2.75) is 12.5 Å². The largest absolute Gasteiger partial charge is 0.493 e. The van der Waals surface area contributed by atoms with Crippen LogP contribution in [-0.2, 0) is 11.2 Å². The molecule has 1 aliphatic rings. The van der Waals surface area contributed by atoms with Crippen LogP contribution in [0.25, 0.3) is 6.08 Å². The third kappa shape index (κ3) is 3.38. The summed E-state index contributed by atoms with van der Waals surface area (Å²) >= 11 is 0. The number of amides is 1. The summed E-state index contributed by atoms with van der Waals surface area (Å²) in [5.74, 6) is 1.20. The zero-order chi connectivity index (χ0) is 15.4. The fourth-order valence-electron chi connectivity index (χ4n) is 2.33. The van der Waals surface area contributed by atoms with E-state index >= 15 is 0 Å². The number of carbonyl (C=O) groups is 1. The predicted octanol–water partition coefficient (Wildman–Crippen LogP) is 2.08. The molecular weight excluding hydrogens is 282 g/mol. The Bertz CT molecular complexity index is 676. The molecule has 1 aromatic carbocycles. The number of hydrogen-bond donors (Lipinski definition) is 2. The van der Waals surface area contributed by atoms with Crippen LogP contribution in [0.2, 0.25) is 0 Å². The van der Waals surface area contributed by atoms with Crippen molar-refractivity contribution in [3.05, 3.63) is 59.6 Å². The van der Waals surface area contributed by atoms with E-state index in [0.29, 0.717) is 12.4 Å².